The molecular weight excluding hydrogens is 298 g/mol. The lowest BCUT2D eigenvalue weighted by molar-refractivity contribution is -0.385. The van der Waals surface area contributed by atoms with Crippen molar-refractivity contribution in [1.82, 2.24) is 10.6 Å². The molecule has 6 nitrogen and oxygen atoms in total. The van der Waals surface area contributed by atoms with Crippen molar-refractivity contribution in [3.8, 4) is 5.75 Å². The summed E-state index contributed by atoms with van der Waals surface area (Å²) >= 11 is 6.83. The molecule has 1 rings (SSSR count). The van der Waals surface area contributed by atoms with E-state index >= 15 is 0 Å². The molecule has 0 aromatic heterocycles. The van der Waals surface area contributed by atoms with Crippen molar-refractivity contribution in [3.63, 3.8) is 0 Å². The van der Waals surface area contributed by atoms with E-state index in [0.717, 1.165) is 18.7 Å². The van der Waals surface area contributed by atoms with Crippen LogP contribution in [0.2, 0.25) is 0 Å². The molecule has 0 spiro atoms. The van der Waals surface area contributed by atoms with E-state index in [1.165, 1.54) is 18.2 Å². The van der Waals surface area contributed by atoms with Gasteiger partial charge >= 0.3 is 0 Å². The zero-order valence-corrected chi connectivity index (χ0v) is 12.7. The maximum Gasteiger partial charge on any atom is 0.269 e. The first kappa shape index (κ1) is 16.5. The number of nitro groups is 1. The number of thioether (sulfide) groups is 1. The van der Waals surface area contributed by atoms with Crippen LogP contribution in [0.15, 0.2) is 18.2 Å². The summed E-state index contributed by atoms with van der Waals surface area (Å²) in [5.74, 6) is 0.804. The lowest BCUT2D eigenvalue weighted by Crippen LogP contribution is -2.35. The van der Waals surface area contributed by atoms with E-state index < -0.39 is 4.92 Å². The standard InChI is InChI=1S/C12H17N3O3S2/c1-20-6-2-5-13-12(19)14-8-9-7-10(15(17)18)3-4-11(9)16/h3-4,7,16H,2,5-6,8H2,1H3,(H2,13,14,19)/p-1. The van der Waals surface area contributed by atoms with Gasteiger partial charge in [0.2, 0.25) is 0 Å². The van der Waals surface area contributed by atoms with Crippen LogP contribution in [0, 0.1) is 10.1 Å². The summed E-state index contributed by atoms with van der Waals surface area (Å²) in [5, 5.41) is 28.6. The van der Waals surface area contributed by atoms with Gasteiger partial charge in [-0.3, -0.25) is 10.1 Å². The second-order valence-corrected chi connectivity index (χ2v) is 5.40. The molecule has 0 heterocycles. The van der Waals surface area contributed by atoms with Crippen LogP contribution >= 0.6 is 24.0 Å². The largest absolute Gasteiger partial charge is 0.872 e. The Morgan fingerprint density at radius 1 is 1.45 bits per heavy atom. The summed E-state index contributed by atoms with van der Waals surface area (Å²) < 4.78 is 0. The van der Waals surface area contributed by atoms with Crippen LogP contribution in [-0.2, 0) is 6.54 Å². The summed E-state index contributed by atoms with van der Waals surface area (Å²) in [7, 11) is 0. The fraction of sp³-hybridized carbons (Fsp3) is 0.417. The molecule has 0 aliphatic rings. The van der Waals surface area contributed by atoms with E-state index in [4.69, 9.17) is 12.2 Å². The monoisotopic (exact) mass is 314 g/mol. The van der Waals surface area contributed by atoms with Crippen molar-refractivity contribution >= 4 is 34.8 Å². The fourth-order valence-electron chi connectivity index (χ4n) is 1.47. The number of thiocarbonyl (C=S) groups is 1. The second-order valence-electron chi connectivity index (χ2n) is 4.00. The van der Waals surface area contributed by atoms with Crippen LogP contribution in [-0.4, -0.2) is 28.6 Å². The highest BCUT2D eigenvalue weighted by Crippen LogP contribution is 2.20. The lowest BCUT2D eigenvalue weighted by Gasteiger charge is -2.15. The highest BCUT2D eigenvalue weighted by atomic mass is 32.2. The lowest BCUT2D eigenvalue weighted by atomic mass is 10.2. The van der Waals surface area contributed by atoms with Crippen LogP contribution in [0.1, 0.15) is 12.0 Å². The van der Waals surface area contributed by atoms with E-state index in [1.807, 2.05) is 6.26 Å². The first-order valence-electron chi connectivity index (χ1n) is 5.99. The highest BCUT2D eigenvalue weighted by Gasteiger charge is 2.07. The van der Waals surface area contributed by atoms with Gasteiger partial charge in [0, 0.05) is 25.2 Å². The Balaban J connectivity index is 2.46. The molecule has 0 bridgehead atoms. The van der Waals surface area contributed by atoms with Crippen molar-refractivity contribution in [2.45, 2.75) is 13.0 Å². The smallest absolute Gasteiger partial charge is 0.269 e. The summed E-state index contributed by atoms with van der Waals surface area (Å²) in [4.78, 5) is 10.1. The van der Waals surface area contributed by atoms with Crippen molar-refractivity contribution in [2.75, 3.05) is 18.6 Å². The molecule has 20 heavy (non-hydrogen) atoms. The third-order valence-corrected chi connectivity index (χ3v) is 3.49. The van der Waals surface area contributed by atoms with Crippen molar-refractivity contribution in [1.29, 1.82) is 0 Å². The van der Waals surface area contributed by atoms with Gasteiger partial charge in [-0.1, -0.05) is 6.07 Å². The SMILES string of the molecule is CSCCCNC(=S)NCc1cc([N+](=O)[O-])ccc1[O-]. The molecule has 2 N–H and O–H groups in total. The number of hydrogen-bond donors (Lipinski definition) is 2. The molecule has 0 aliphatic heterocycles. The van der Waals surface area contributed by atoms with E-state index in [2.05, 4.69) is 10.6 Å². The Morgan fingerprint density at radius 2 is 2.20 bits per heavy atom. The minimum absolute atomic E-state index is 0.0970. The summed E-state index contributed by atoms with van der Waals surface area (Å²) in [6.07, 6.45) is 3.03. The van der Waals surface area contributed by atoms with E-state index in [-0.39, 0.29) is 18.0 Å². The molecule has 0 fully saturated rings. The second kappa shape index (κ2) is 8.60. The predicted molar refractivity (Wildman–Crippen MR) is 83.0 cm³/mol. The zero-order valence-electron chi connectivity index (χ0n) is 11.0. The van der Waals surface area contributed by atoms with Gasteiger partial charge in [-0.2, -0.15) is 11.8 Å². The average molecular weight is 314 g/mol. The van der Waals surface area contributed by atoms with E-state index in [9.17, 15) is 15.2 Å². The molecule has 1 aromatic carbocycles. The Labute approximate surface area is 127 Å². The van der Waals surface area contributed by atoms with Gasteiger partial charge in [0.15, 0.2) is 5.11 Å². The van der Waals surface area contributed by atoms with Crippen molar-refractivity contribution in [3.05, 3.63) is 33.9 Å². The van der Waals surface area contributed by atoms with Gasteiger partial charge in [0.1, 0.15) is 0 Å². The fourth-order valence-corrected chi connectivity index (χ4v) is 2.08. The minimum Gasteiger partial charge on any atom is -0.872 e. The topological polar surface area (TPSA) is 90.3 Å². The molecular formula is C12H16N3O3S2-. The number of nitrogens with zero attached hydrogens (tertiary/aromatic N) is 1. The van der Waals surface area contributed by atoms with Crippen molar-refractivity contribution in [2.24, 2.45) is 0 Å². The predicted octanol–water partition coefficient (Wildman–Crippen LogP) is 1.39. The van der Waals surface area contributed by atoms with Gasteiger partial charge in [-0.25, -0.2) is 0 Å². The highest BCUT2D eigenvalue weighted by molar-refractivity contribution is 7.98. The van der Waals surface area contributed by atoms with Gasteiger partial charge in [-0.05, 0) is 36.2 Å². The molecule has 0 saturated heterocycles. The third kappa shape index (κ3) is 5.62. The number of nitro benzene ring substituents is 1. The number of rotatable bonds is 7. The molecule has 1 aromatic rings. The average Bonchev–Trinajstić information content (AvgIpc) is 2.42. The number of benzene rings is 1. The molecule has 0 saturated carbocycles. The van der Waals surface area contributed by atoms with Crippen LogP contribution in [0.4, 0.5) is 5.69 Å². The Hall–Kier alpha value is -1.54. The normalized spacial score (nSPS) is 10.1. The molecule has 110 valence electrons. The number of nitrogens with one attached hydrogen (secondary N) is 2. The number of non-ortho nitro benzene ring substituents is 1. The Kier molecular flexibility index (Phi) is 7.10. The molecule has 0 amide bonds. The van der Waals surface area contributed by atoms with Crippen molar-refractivity contribution < 1.29 is 10.0 Å². The summed E-state index contributed by atoms with van der Waals surface area (Å²) in [6, 6.07) is 3.67. The van der Waals surface area contributed by atoms with Crippen LogP contribution in [0.5, 0.6) is 5.75 Å². The third-order valence-electron chi connectivity index (χ3n) is 2.51. The first-order valence-corrected chi connectivity index (χ1v) is 7.79. The van der Waals surface area contributed by atoms with Crippen LogP contribution in [0.3, 0.4) is 0 Å². The zero-order chi connectivity index (χ0) is 15.0. The Morgan fingerprint density at radius 3 is 2.85 bits per heavy atom. The summed E-state index contributed by atoms with van der Waals surface area (Å²) in [5.41, 5.74) is 0.229. The minimum atomic E-state index is -0.526. The maximum absolute atomic E-state index is 11.6. The van der Waals surface area contributed by atoms with Crippen LogP contribution in [0.25, 0.3) is 0 Å². The molecule has 0 unspecified atom stereocenters. The maximum atomic E-state index is 11.6. The molecule has 0 radical (unpaired) electrons. The van der Waals surface area contributed by atoms with Gasteiger partial charge < -0.3 is 15.7 Å². The van der Waals surface area contributed by atoms with Gasteiger partial charge in [0.05, 0.1) is 4.92 Å². The Bertz CT molecular complexity index is 483. The number of hydrogen-bond acceptors (Lipinski definition) is 5. The molecule has 0 atom stereocenters. The summed E-state index contributed by atoms with van der Waals surface area (Å²) in [6.45, 7) is 0.931. The van der Waals surface area contributed by atoms with E-state index in [0.29, 0.717) is 10.7 Å². The quantitative estimate of drug-likeness (QED) is 0.340. The molecule has 8 heteroatoms. The van der Waals surface area contributed by atoms with Gasteiger partial charge in [0.25, 0.3) is 5.69 Å². The van der Waals surface area contributed by atoms with E-state index in [1.54, 1.807) is 11.8 Å². The van der Waals surface area contributed by atoms with Gasteiger partial charge in [-0.15, -0.1) is 5.75 Å². The molecule has 0 aliphatic carbocycles. The van der Waals surface area contributed by atoms with Crippen LogP contribution < -0.4 is 15.7 Å². The first-order chi connectivity index (χ1) is 9.54.